The van der Waals surface area contributed by atoms with Gasteiger partial charge in [0.15, 0.2) is 5.79 Å². The van der Waals surface area contributed by atoms with Gasteiger partial charge in [-0.2, -0.15) is 0 Å². The number of rotatable bonds is 4. The summed E-state index contributed by atoms with van der Waals surface area (Å²) in [7, 11) is 0. The summed E-state index contributed by atoms with van der Waals surface area (Å²) in [5.74, 6) is 0.160. The molecule has 3 aliphatic rings. The number of benzene rings is 1. The summed E-state index contributed by atoms with van der Waals surface area (Å²) < 4.78 is 12.5. The van der Waals surface area contributed by atoms with Gasteiger partial charge >= 0.3 is 0 Å². The molecule has 1 saturated heterocycles. The first-order valence-corrected chi connectivity index (χ1v) is 10.2. The SMILES string of the molecule is O=C1c2ccccc2C(Cc2ncccc2Br)N1CC1CC2(C1)OCCO2. The number of ether oxygens (including phenoxy) is 2. The van der Waals surface area contributed by atoms with Crippen LogP contribution in [0, 0.1) is 5.92 Å². The summed E-state index contributed by atoms with van der Waals surface area (Å²) in [5, 5.41) is 0. The number of fused-ring (bicyclic) bond motifs is 1. The van der Waals surface area contributed by atoms with E-state index in [0.717, 1.165) is 40.7 Å². The maximum atomic E-state index is 13.1. The Hall–Kier alpha value is -1.76. The van der Waals surface area contributed by atoms with Crippen LogP contribution in [0.4, 0.5) is 0 Å². The van der Waals surface area contributed by atoms with Crippen molar-refractivity contribution in [3.63, 3.8) is 0 Å². The predicted octanol–water partition coefficient (Wildman–Crippen LogP) is 3.74. The molecule has 2 aliphatic heterocycles. The topological polar surface area (TPSA) is 51.7 Å². The molecule has 2 aromatic rings. The van der Waals surface area contributed by atoms with Crippen LogP contribution < -0.4 is 0 Å². The molecule has 1 aromatic carbocycles. The van der Waals surface area contributed by atoms with Crippen LogP contribution in [0.5, 0.6) is 0 Å². The van der Waals surface area contributed by atoms with Gasteiger partial charge in [0.25, 0.3) is 5.91 Å². The third-order valence-electron chi connectivity index (χ3n) is 5.88. The van der Waals surface area contributed by atoms with Crippen LogP contribution in [0.25, 0.3) is 0 Å². The fourth-order valence-corrected chi connectivity index (χ4v) is 5.01. The number of hydrogen-bond donors (Lipinski definition) is 0. The van der Waals surface area contributed by atoms with Crippen molar-refractivity contribution < 1.29 is 14.3 Å². The van der Waals surface area contributed by atoms with Crippen molar-refractivity contribution in [2.75, 3.05) is 19.8 Å². The van der Waals surface area contributed by atoms with Gasteiger partial charge in [0.05, 0.1) is 24.9 Å². The van der Waals surface area contributed by atoms with E-state index in [4.69, 9.17) is 9.47 Å². The molecule has 1 atom stereocenters. The lowest BCUT2D eigenvalue weighted by atomic mass is 9.78. The number of carbonyl (C=O) groups excluding carboxylic acids is 1. The molecule has 3 heterocycles. The van der Waals surface area contributed by atoms with Crippen LogP contribution in [0.1, 0.15) is 40.5 Å². The van der Waals surface area contributed by atoms with Gasteiger partial charge in [0.2, 0.25) is 0 Å². The Morgan fingerprint density at radius 2 is 1.93 bits per heavy atom. The molecular weight excluding hydrogens is 408 g/mol. The molecule has 1 spiro atoms. The molecule has 27 heavy (non-hydrogen) atoms. The van der Waals surface area contributed by atoms with Gasteiger partial charge in [-0.3, -0.25) is 9.78 Å². The summed E-state index contributed by atoms with van der Waals surface area (Å²) in [6.07, 6.45) is 4.24. The number of nitrogens with zero attached hydrogens (tertiary/aromatic N) is 2. The first-order chi connectivity index (χ1) is 13.2. The van der Waals surface area contributed by atoms with Gasteiger partial charge in [-0.1, -0.05) is 18.2 Å². The van der Waals surface area contributed by atoms with Gasteiger partial charge in [-0.05, 0) is 45.6 Å². The lowest BCUT2D eigenvalue weighted by Gasteiger charge is -2.45. The predicted molar refractivity (Wildman–Crippen MR) is 103 cm³/mol. The minimum atomic E-state index is -0.375. The van der Waals surface area contributed by atoms with Crippen molar-refractivity contribution in [2.24, 2.45) is 5.92 Å². The van der Waals surface area contributed by atoms with E-state index in [2.05, 4.69) is 27.0 Å². The average molecular weight is 429 g/mol. The fourth-order valence-electron chi connectivity index (χ4n) is 4.59. The van der Waals surface area contributed by atoms with Crippen LogP contribution in [-0.2, 0) is 15.9 Å². The highest BCUT2D eigenvalue weighted by Crippen LogP contribution is 2.46. The Bertz CT molecular complexity index is 873. The van der Waals surface area contributed by atoms with Gasteiger partial charge in [0.1, 0.15) is 0 Å². The van der Waals surface area contributed by atoms with Crippen molar-refractivity contribution in [3.05, 3.63) is 63.9 Å². The molecule has 2 fully saturated rings. The van der Waals surface area contributed by atoms with E-state index >= 15 is 0 Å². The highest BCUT2D eigenvalue weighted by atomic mass is 79.9. The molecule has 0 radical (unpaired) electrons. The third-order valence-corrected chi connectivity index (χ3v) is 6.60. The second-order valence-corrected chi connectivity index (χ2v) is 8.43. The molecule has 5 nitrogen and oxygen atoms in total. The zero-order chi connectivity index (χ0) is 18.4. The van der Waals surface area contributed by atoms with Gasteiger partial charge < -0.3 is 14.4 Å². The molecule has 140 valence electrons. The smallest absolute Gasteiger partial charge is 0.254 e. The number of carbonyl (C=O) groups is 1. The second kappa shape index (κ2) is 6.69. The molecule has 5 rings (SSSR count). The number of amides is 1. The maximum absolute atomic E-state index is 13.1. The standard InChI is InChI=1S/C21H21BrN2O3/c22-17-6-3-7-23-18(17)10-19-15-4-1-2-5-16(15)20(25)24(19)13-14-11-21(12-14)26-8-9-27-21/h1-7,14,19H,8-13H2. The monoisotopic (exact) mass is 428 g/mol. The number of pyridine rings is 1. The fraction of sp³-hybridized carbons (Fsp3) is 0.429. The average Bonchev–Trinajstić information content (AvgIpc) is 3.23. The van der Waals surface area contributed by atoms with E-state index in [1.807, 2.05) is 35.2 Å². The van der Waals surface area contributed by atoms with E-state index in [1.54, 1.807) is 6.20 Å². The molecule has 1 saturated carbocycles. The normalized spacial score (nSPS) is 23.7. The van der Waals surface area contributed by atoms with Crippen LogP contribution >= 0.6 is 15.9 Å². The summed E-state index contributed by atoms with van der Waals surface area (Å²) >= 11 is 3.60. The van der Waals surface area contributed by atoms with Crippen LogP contribution in [0.2, 0.25) is 0 Å². The number of hydrogen-bond acceptors (Lipinski definition) is 4. The van der Waals surface area contributed by atoms with Crippen molar-refractivity contribution in [1.29, 1.82) is 0 Å². The van der Waals surface area contributed by atoms with Crippen molar-refractivity contribution in [3.8, 4) is 0 Å². The molecule has 1 aliphatic carbocycles. The zero-order valence-electron chi connectivity index (χ0n) is 14.9. The molecule has 6 heteroatoms. The first kappa shape index (κ1) is 17.3. The number of aromatic nitrogens is 1. The molecule has 1 amide bonds. The Morgan fingerprint density at radius 3 is 2.70 bits per heavy atom. The first-order valence-electron chi connectivity index (χ1n) is 9.42. The minimum absolute atomic E-state index is 0.0156. The van der Waals surface area contributed by atoms with Crippen molar-refractivity contribution in [1.82, 2.24) is 9.88 Å². The third kappa shape index (κ3) is 3.00. The van der Waals surface area contributed by atoms with Crippen molar-refractivity contribution >= 4 is 21.8 Å². The quantitative estimate of drug-likeness (QED) is 0.743. The van der Waals surface area contributed by atoms with E-state index in [9.17, 15) is 4.79 Å². The molecular formula is C21H21BrN2O3. The van der Waals surface area contributed by atoms with Gasteiger partial charge in [-0.15, -0.1) is 0 Å². The summed E-state index contributed by atoms with van der Waals surface area (Å²) in [6.45, 7) is 2.09. The zero-order valence-corrected chi connectivity index (χ0v) is 16.5. The van der Waals surface area contributed by atoms with E-state index in [1.165, 1.54) is 0 Å². The Morgan fingerprint density at radius 1 is 1.15 bits per heavy atom. The molecule has 1 unspecified atom stereocenters. The van der Waals surface area contributed by atoms with E-state index < -0.39 is 0 Å². The number of halogens is 1. The highest BCUT2D eigenvalue weighted by Gasteiger charge is 2.51. The Kier molecular flexibility index (Phi) is 4.30. The lowest BCUT2D eigenvalue weighted by Crippen LogP contribution is -2.49. The molecule has 1 aromatic heterocycles. The largest absolute Gasteiger partial charge is 0.348 e. The van der Waals surface area contributed by atoms with Crippen LogP contribution in [-0.4, -0.2) is 41.3 Å². The second-order valence-electron chi connectivity index (χ2n) is 7.58. The Labute approximate surface area is 166 Å². The van der Waals surface area contributed by atoms with Crippen LogP contribution in [0.15, 0.2) is 47.1 Å². The Balaban J connectivity index is 1.39. The highest BCUT2D eigenvalue weighted by molar-refractivity contribution is 9.10. The van der Waals surface area contributed by atoms with Crippen molar-refractivity contribution in [2.45, 2.75) is 31.1 Å². The van der Waals surface area contributed by atoms with Crippen LogP contribution in [0.3, 0.4) is 0 Å². The minimum Gasteiger partial charge on any atom is -0.348 e. The van der Waals surface area contributed by atoms with E-state index in [-0.39, 0.29) is 17.7 Å². The summed E-state index contributed by atoms with van der Waals surface area (Å²) in [4.78, 5) is 19.6. The maximum Gasteiger partial charge on any atom is 0.254 e. The van der Waals surface area contributed by atoms with E-state index in [0.29, 0.717) is 25.6 Å². The molecule has 0 bridgehead atoms. The van der Waals surface area contributed by atoms with Gasteiger partial charge in [0, 0.05) is 42.0 Å². The van der Waals surface area contributed by atoms with Gasteiger partial charge in [-0.25, -0.2) is 0 Å². The lowest BCUT2D eigenvalue weighted by molar-refractivity contribution is -0.232. The summed E-state index contributed by atoms with van der Waals surface area (Å²) in [5.41, 5.74) is 2.89. The summed E-state index contributed by atoms with van der Waals surface area (Å²) in [6, 6.07) is 11.9. The molecule has 0 N–H and O–H groups in total.